The van der Waals surface area contributed by atoms with Crippen molar-refractivity contribution in [3.05, 3.63) is 83.6 Å². The van der Waals surface area contributed by atoms with Crippen molar-refractivity contribution in [3.63, 3.8) is 0 Å². The van der Waals surface area contributed by atoms with Gasteiger partial charge in [0.25, 0.3) is 0 Å². The van der Waals surface area contributed by atoms with E-state index in [1.165, 1.54) is 24.3 Å². The van der Waals surface area contributed by atoms with Crippen molar-refractivity contribution in [2.45, 2.75) is 6.18 Å². The number of nitriles is 1. The van der Waals surface area contributed by atoms with E-state index in [1.54, 1.807) is 29.0 Å². The van der Waals surface area contributed by atoms with Crippen LogP contribution in [-0.4, -0.2) is 15.6 Å². The number of alkyl halides is 3. The molecule has 3 rings (SSSR count). The highest BCUT2D eigenvalue weighted by molar-refractivity contribution is 5.91. The molecule has 0 radical (unpaired) electrons. The number of fused-ring (bicyclic) bond motifs is 1. The summed E-state index contributed by atoms with van der Waals surface area (Å²) in [6.45, 7) is 0. The molecule has 1 aromatic heterocycles. The second kappa shape index (κ2) is 7.45. The van der Waals surface area contributed by atoms with E-state index >= 15 is 0 Å². The van der Waals surface area contributed by atoms with Gasteiger partial charge in [0.15, 0.2) is 0 Å². The average Bonchev–Trinajstić information content (AvgIpc) is 3.07. The Morgan fingerprint density at radius 3 is 2.43 bits per heavy atom. The number of aliphatic carboxylic acids is 1. The number of carboxylic acid groups (broad SMARTS) is 1. The lowest BCUT2D eigenvalue weighted by Crippen LogP contribution is -2.04. The zero-order chi connectivity index (χ0) is 20.3. The molecule has 0 aliphatic heterocycles. The fourth-order valence-electron chi connectivity index (χ4n) is 2.71. The van der Waals surface area contributed by atoms with E-state index in [0.29, 0.717) is 5.69 Å². The summed E-state index contributed by atoms with van der Waals surface area (Å²) in [5.41, 5.74) is 1.14. The molecule has 1 heterocycles. The van der Waals surface area contributed by atoms with Gasteiger partial charge < -0.3 is 9.67 Å². The van der Waals surface area contributed by atoms with Crippen LogP contribution in [-0.2, 0) is 11.0 Å². The minimum absolute atomic E-state index is 0.370. The number of hydrogen-bond donors (Lipinski definition) is 1. The molecule has 0 saturated heterocycles. The molecule has 0 spiro atoms. The molecule has 0 atom stereocenters. The molecule has 140 valence electrons. The van der Waals surface area contributed by atoms with E-state index in [9.17, 15) is 18.0 Å². The van der Waals surface area contributed by atoms with Crippen molar-refractivity contribution in [2.75, 3.05) is 0 Å². The summed E-state index contributed by atoms with van der Waals surface area (Å²) in [7, 11) is 0. The van der Waals surface area contributed by atoms with Gasteiger partial charge in [0.05, 0.1) is 11.1 Å². The molecule has 0 unspecified atom stereocenters. The quantitative estimate of drug-likeness (QED) is 0.383. The van der Waals surface area contributed by atoms with Gasteiger partial charge in [-0.3, -0.25) is 0 Å². The van der Waals surface area contributed by atoms with E-state index < -0.39 is 17.7 Å². The Morgan fingerprint density at radius 1 is 1.11 bits per heavy atom. The van der Waals surface area contributed by atoms with Crippen LogP contribution in [0.5, 0.6) is 0 Å². The summed E-state index contributed by atoms with van der Waals surface area (Å²) in [5.74, 6) is -1.30. The van der Waals surface area contributed by atoms with Gasteiger partial charge in [-0.1, -0.05) is 18.2 Å². The highest BCUT2D eigenvalue weighted by atomic mass is 19.4. The van der Waals surface area contributed by atoms with Crippen molar-refractivity contribution in [2.24, 2.45) is 0 Å². The number of allylic oxidation sites excluding steroid dienone is 2. The number of rotatable bonds is 4. The fourth-order valence-corrected chi connectivity index (χ4v) is 2.71. The van der Waals surface area contributed by atoms with Crippen molar-refractivity contribution in [1.82, 2.24) is 4.57 Å². The van der Waals surface area contributed by atoms with E-state index in [0.717, 1.165) is 28.6 Å². The van der Waals surface area contributed by atoms with Crippen molar-refractivity contribution in [1.29, 1.82) is 5.26 Å². The zero-order valence-electron chi connectivity index (χ0n) is 14.3. The molecule has 3 aromatic rings. The molecule has 4 nitrogen and oxygen atoms in total. The first kappa shape index (κ1) is 19.0. The Kier molecular flexibility index (Phi) is 5.05. The van der Waals surface area contributed by atoms with E-state index in [4.69, 9.17) is 10.4 Å². The Morgan fingerprint density at radius 2 is 1.82 bits per heavy atom. The number of carboxylic acids is 1. The van der Waals surface area contributed by atoms with Crippen LogP contribution < -0.4 is 0 Å². The van der Waals surface area contributed by atoms with Gasteiger partial charge in [-0.25, -0.2) is 4.79 Å². The third kappa shape index (κ3) is 3.96. The van der Waals surface area contributed by atoms with Gasteiger partial charge in [-0.15, -0.1) is 0 Å². The molecule has 7 heteroatoms. The zero-order valence-corrected chi connectivity index (χ0v) is 14.3. The number of carbonyl (C=O) groups is 1. The summed E-state index contributed by atoms with van der Waals surface area (Å²) in [6, 6.07) is 13.8. The summed E-state index contributed by atoms with van der Waals surface area (Å²) in [5, 5.41) is 18.4. The molecule has 0 bridgehead atoms. The van der Waals surface area contributed by atoms with E-state index in [2.05, 4.69) is 0 Å². The maximum absolute atomic E-state index is 12.7. The lowest BCUT2D eigenvalue weighted by atomic mass is 10.1. The van der Waals surface area contributed by atoms with Gasteiger partial charge in [0.1, 0.15) is 11.6 Å². The van der Waals surface area contributed by atoms with Crippen LogP contribution in [0.2, 0.25) is 0 Å². The van der Waals surface area contributed by atoms with Gasteiger partial charge in [0.2, 0.25) is 0 Å². The summed E-state index contributed by atoms with van der Waals surface area (Å²) in [4.78, 5) is 10.8. The molecule has 0 aliphatic rings. The lowest BCUT2D eigenvalue weighted by molar-refractivity contribution is -0.137. The van der Waals surface area contributed by atoms with Crippen molar-refractivity contribution >= 4 is 22.9 Å². The van der Waals surface area contributed by atoms with Crippen LogP contribution in [0, 0.1) is 11.3 Å². The van der Waals surface area contributed by atoms with E-state index in [1.807, 2.05) is 18.2 Å². The Hall–Kier alpha value is -3.79. The Balaban J connectivity index is 1.89. The highest BCUT2D eigenvalue weighted by Crippen LogP contribution is 2.30. The van der Waals surface area contributed by atoms with Crippen LogP contribution in [0.1, 0.15) is 11.1 Å². The standard InChI is InChI=1S/C21H13F3N2O2/c22-21(23,24)17-5-7-18(8-6-17)26-11-10-15-12-14(4-9-19(15)26)2-1-3-16(13-25)20(27)28/h1-12H,(H,27,28). The molecule has 0 saturated carbocycles. The van der Waals surface area contributed by atoms with Crippen LogP contribution in [0.4, 0.5) is 13.2 Å². The minimum atomic E-state index is -4.38. The van der Waals surface area contributed by atoms with Crippen molar-refractivity contribution < 1.29 is 23.1 Å². The highest BCUT2D eigenvalue weighted by Gasteiger charge is 2.30. The topological polar surface area (TPSA) is 66.0 Å². The monoisotopic (exact) mass is 382 g/mol. The average molecular weight is 382 g/mol. The van der Waals surface area contributed by atoms with Crippen LogP contribution in [0.15, 0.2) is 72.5 Å². The molecular formula is C21H13F3N2O2. The van der Waals surface area contributed by atoms with Gasteiger partial charge in [0, 0.05) is 17.3 Å². The smallest absolute Gasteiger partial charge is 0.416 e. The normalized spacial score (nSPS) is 12.4. The number of halogens is 3. The van der Waals surface area contributed by atoms with E-state index in [-0.39, 0.29) is 5.57 Å². The summed E-state index contributed by atoms with van der Waals surface area (Å²) < 4.78 is 39.9. The van der Waals surface area contributed by atoms with Crippen LogP contribution in [0.3, 0.4) is 0 Å². The molecule has 0 fully saturated rings. The molecule has 28 heavy (non-hydrogen) atoms. The first-order valence-electron chi connectivity index (χ1n) is 8.10. The minimum Gasteiger partial charge on any atom is -0.477 e. The molecule has 2 aromatic carbocycles. The maximum atomic E-state index is 12.7. The predicted molar refractivity (Wildman–Crippen MR) is 98.6 cm³/mol. The number of hydrogen-bond acceptors (Lipinski definition) is 2. The van der Waals surface area contributed by atoms with Gasteiger partial charge >= 0.3 is 12.1 Å². The third-order valence-electron chi connectivity index (χ3n) is 4.09. The molecular weight excluding hydrogens is 369 g/mol. The molecule has 1 N–H and O–H groups in total. The first-order valence-corrected chi connectivity index (χ1v) is 8.10. The van der Waals surface area contributed by atoms with Crippen LogP contribution >= 0.6 is 0 Å². The van der Waals surface area contributed by atoms with Gasteiger partial charge in [-0.2, -0.15) is 18.4 Å². The largest absolute Gasteiger partial charge is 0.477 e. The van der Waals surface area contributed by atoms with Crippen molar-refractivity contribution in [3.8, 4) is 11.8 Å². The molecule has 0 aliphatic carbocycles. The third-order valence-corrected chi connectivity index (χ3v) is 4.09. The second-order valence-corrected chi connectivity index (χ2v) is 5.91. The lowest BCUT2D eigenvalue weighted by Gasteiger charge is -2.09. The second-order valence-electron chi connectivity index (χ2n) is 5.91. The summed E-state index contributed by atoms with van der Waals surface area (Å²) in [6.07, 6.45) is 1.73. The fraction of sp³-hybridized carbons (Fsp3) is 0.0476. The first-order chi connectivity index (χ1) is 13.3. The number of aromatic nitrogens is 1. The Bertz CT molecular complexity index is 1130. The number of benzene rings is 2. The van der Waals surface area contributed by atoms with Crippen LogP contribution in [0.25, 0.3) is 22.7 Å². The SMILES string of the molecule is N#CC(=CC=Cc1ccc2c(ccn2-c2ccc(C(F)(F)F)cc2)c1)C(=O)O. The maximum Gasteiger partial charge on any atom is 0.416 e. The Labute approximate surface area is 158 Å². The van der Waals surface area contributed by atoms with Gasteiger partial charge in [-0.05, 0) is 54.1 Å². The summed E-state index contributed by atoms with van der Waals surface area (Å²) >= 11 is 0. The number of nitrogens with zero attached hydrogens (tertiary/aromatic N) is 2. The predicted octanol–water partition coefficient (Wildman–Crippen LogP) is 5.20. The molecule has 0 amide bonds.